The maximum atomic E-state index is 6.20. The Morgan fingerprint density at radius 2 is 1.33 bits per heavy atom. The molecule has 0 N–H and O–H groups in total. The summed E-state index contributed by atoms with van der Waals surface area (Å²) in [5, 5.41) is 1.28. The molecule has 0 spiro atoms. The average molecular weight is 309 g/mol. The minimum Gasteiger partial charge on any atom is -0.391 e. The van der Waals surface area contributed by atoms with Crippen LogP contribution in [-0.4, -0.2) is 21.8 Å². The summed E-state index contributed by atoms with van der Waals surface area (Å²) in [6.07, 6.45) is 7.87. The second kappa shape index (κ2) is 11.0. The van der Waals surface area contributed by atoms with Crippen LogP contribution >= 0.6 is 0 Å². The van der Waals surface area contributed by atoms with Gasteiger partial charge in [0.05, 0.1) is 0 Å². The van der Waals surface area contributed by atoms with Crippen LogP contribution in [0.2, 0.25) is 6.04 Å². The van der Waals surface area contributed by atoms with Crippen molar-refractivity contribution >= 4 is 13.7 Å². The van der Waals surface area contributed by atoms with Crippen LogP contribution in [0.3, 0.4) is 0 Å². The lowest BCUT2D eigenvalue weighted by Crippen LogP contribution is -2.53. The summed E-state index contributed by atoms with van der Waals surface area (Å²) in [5.41, 5.74) is 0. The van der Waals surface area contributed by atoms with Gasteiger partial charge in [0.2, 0.25) is 0 Å². The van der Waals surface area contributed by atoms with Gasteiger partial charge in [-0.1, -0.05) is 75.8 Å². The van der Waals surface area contributed by atoms with Crippen molar-refractivity contribution in [3.05, 3.63) is 30.3 Å². The van der Waals surface area contributed by atoms with E-state index in [-0.39, 0.29) is 0 Å². The van der Waals surface area contributed by atoms with Crippen molar-refractivity contribution in [2.75, 3.05) is 13.2 Å². The van der Waals surface area contributed by atoms with Crippen LogP contribution in [0, 0.1) is 0 Å². The fourth-order valence-corrected chi connectivity index (χ4v) is 6.14. The predicted molar refractivity (Wildman–Crippen MR) is 93.3 cm³/mol. The topological polar surface area (TPSA) is 18.5 Å². The van der Waals surface area contributed by atoms with E-state index in [1.807, 2.05) is 0 Å². The molecule has 0 aliphatic heterocycles. The molecule has 1 aromatic rings. The van der Waals surface area contributed by atoms with Gasteiger partial charge in [-0.3, -0.25) is 0 Å². The molecule has 0 aromatic heterocycles. The molecular weight excluding hydrogens is 276 g/mol. The van der Waals surface area contributed by atoms with Gasteiger partial charge in [-0.2, -0.15) is 0 Å². The lowest BCUT2D eigenvalue weighted by molar-refractivity contribution is 0.194. The van der Waals surface area contributed by atoms with Crippen molar-refractivity contribution in [3.63, 3.8) is 0 Å². The molecule has 120 valence electrons. The SMILES string of the molecule is CCCCCCCC[Si](OCC)(OCC)c1ccccc1. The molecule has 0 atom stereocenters. The Morgan fingerprint density at radius 1 is 0.762 bits per heavy atom. The quantitative estimate of drug-likeness (QED) is 0.409. The predicted octanol–water partition coefficient (Wildman–Crippen LogP) is 4.77. The van der Waals surface area contributed by atoms with E-state index in [1.165, 1.54) is 43.7 Å². The Kier molecular flexibility index (Phi) is 9.64. The van der Waals surface area contributed by atoms with Crippen LogP contribution in [0.5, 0.6) is 0 Å². The number of hydrogen-bond acceptors (Lipinski definition) is 2. The van der Waals surface area contributed by atoms with Gasteiger partial charge in [-0.25, -0.2) is 0 Å². The molecule has 0 fully saturated rings. The van der Waals surface area contributed by atoms with Gasteiger partial charge < -0.3 is 8.85 Å². The molecule has 0 unspecified atom stereocenters. The minimum atomic E-state index is -2.24. The first kappa shape index (κ1) is 18.4. The molecule has 21 heavy (non-hydrogen) atoms. The Labute approximate surface area is 132 Å². The molecule has 3 heteroatoms. The molecule has 0 saturated heterocycles. The molecule has 1 aromatic carbocycles. The van der Waals surface area contributed by atoms with Crippen LogP contribution in [0.25, 0.3) is 0 Å². The van der Waals surface area contributed by atoms with Gasteiger partial charge in [0.1, 0.15) is 0 Å². The molecule has 0 saturated carbocycles. The first-order valence-corrected chi connectivity index (χ1v) is 10.6. The molecule has 0 heterocycles. The molecule has 0 aliphatic carbocycles. The smallest absolute Gasteiger partial charge is 0.372 e. The summed E-state index contributed by atoms with van der Waals surface area (Å²) in [6.45, 7) is 7.88. The maximum absolute atomic E-state index is 6.20. The zero-order chi connectivity index (χ0) is 15.4. The number of unbranched alkanes of at least 4 members (excludes halogenated alkanes) is 5. The Morgan fingerprint density at radius 3 is 1.90 bits per heavy atom. The summed E-state index contributed by atoms with van der Waals surface area (Å²) in [5.74, 6) is 0. The van der Waals surface area contributed by atoms with E-state index in [2.05, 4.69) is 51.1 Å². The summed E-state index contributed by atoms with van der Waals surface area (Å²) >= 11 is 0. The van der Waals surface area contributed by atoms with E-state index in [1.54, 1.807) is 0 Å². The van der Waals surface area contributed by atoms with Crippen molar-refractivity contribution in [1.82, 2.24) is 0 Å². The van der Waals surface area contributed by atoms with Crippen LogP contribution in [0.15, 0.2) is 30.3 Å². The van der Waals surface area contributed by atoms with Crippen LogP contribution in [0.4, 0.5) is 0 Å². The van der Waals surface area contributed by atoms with Crippen molar-refractivity contribution in [1.29, 1.82) is 0 Å². The highest BCUT2D eigenvalue weighted by molar-refractivity contribution is 6.81. The lowest BCUT2D eigenvalue weighted by Gasteiger charge is -2.30. The molecule has 0 amide bonds. The third-order valence-corrected chi connectivity index (χ3v) is 7.56. The summed E-state index contributed by atoms with van der Waals surface area (Å²) in [4.78, 5) is 0. The van der Waals surface area contributed by atoms with Gasteiger partial charge in [0.25, 0.3) is 0 Å². The standard InChI is InChI=1S/C18H32O2Si/c1-4-7-8-9-10-14-17-21(19-5-2,20-6-3)18-15-12-11-13-16-18/h11-13,15-16H,4-10,14,17H2,1-3H3. The first-order valence-electron chi connectivity index (χ1n) is 8.62. The van der Waals surface area contributed by atoms with E-state index >= 15 is 0 Å². The second-order valence-electron chi connectivity index (χ2n) is 5.50. The average Bonchev–Trinajstić information content (AvgIpc) is 2.52. The largest absolute Gasteiger partial charge is 0.391 e. The highest BCUT2D eigenvalue weighted by Gasteiger charge is 2.38. The third-order valence-electron chi connectivity index (χ3n) is 3.83. The van der Waals surface area contributed by atoms with Crippen molar-refractivity contribution < 1.29 is 8.85 Å². The molecule has 2 nitrogen and oxygen atoms in total. The maximum Gasteiger partial charge on any atom is 0.372 e. The Hall–Kier alpha value is -0.643. The minimum absolute atomic E-state index is 0.733. The highest BCUT2D eigenvalue weighted by Crippen LogP contribution is 2.19. The van der Waals surface area contributed by atoms with Crippen LogP contribution in [0.1, 0.15) is 59.3 Å². The van der Waals surface area contributed by atoms with E-state index in [0.29, 0.717) is 0 Å². The van der Waals surface area contributed by atoms with Gasteiger partial charge in [0.15, 0.2) is 0 Å². The summed E-state index contributed by atoms with van der Waals surface area (Å²) in [6, 6.07) is 11.7. The zero-order valence-corrected chi connectivity index (χ0v) is 15.1. The normalized spacial score (nSPS) is 11.8. The number of hydrogen-bond donors (Lipinski definition) is 0. The number of rotatable bonds is 12. The lowest BCUT2D eigenvalue weighted by atomic mass is 10.1. The van der Waals surface area contributed by atoms with E-state index in [9.17, 15) is 0 Å². The zero-order valence-electron chi connectivity index (χ0n) is 14.1. The van der Waals surface area contributed by atoms with Crippen molar-refractivity contribution in [2.24, 2.45) is 0 Å². The van der Waals surface area contributed by atoms with E-state index in [4.69, 9.17) is 8.85 Å². The van der Waals surface area contributed by atoms with Gasteiger partial charge in [-0.15, -0.1) is 0 Å². The molecule has 0 aliphatic rings. The number of benzene rings is 1. The fraction of sp³-hybridized carbons (Fsp3) is 0.667. The molecule has 1 rings (SSSR count). The molecular formula is C18H32O2Si. The van der Waals surface area contributed by atoms with E-state index < -0.39 is 8.56 Å². The Bertz CT molecular complexity index is 347. The van der Waals surface area contributed by atoms with Crippen molar-refractivity contribution in [2.45, 2.75) is 65.3 Å². The Balaban J connectivity index is 2.63. The fourth-order valence-electron chi connectivity index (χ4n) is 2.79. The second-order valence-corrected chi connectivity index (χ2v) is 8.66. The monoisotopic (exact) mass is 308 g/mol. The van der Waals surface area contributed by atoms with Crippen molar-refractivity contribution in [3.8, 4) is 0 Å². The third kappa shape index (κ3) is 6.33. The summed E-state index contributed by atoms with van der Waals surface area (Å²) < 4.78 is 12.4. The summed E-state index contributed by atoms with van der Waals surface area (Å²) in [7, 11) is -2.24. The molecule has 0 bridgehead atoms. The van der Waals surface area contributed by atoms with Gasteiger partial charge in [0, 0.05) is 13.2 Å². The van der Waals surface area contributed by atoms with E-state index in [0.717, 1.165) is 19.3 Å². The van der Waals surface area contributed by atoms with Gasteiger partial charge >= 0.3 is 8.56 Å². The van der Waals surface area contributed by atoms with Gasteiger partial charge in [-0.05, 0) is 25.1 Å². The highest BCUT2D eigenvalue weighted by atomic mass is 28.4. The first-order chi connectivity index (χ1) is 10.3. The molecule has 0 radical (unpaired) electrons. The van der Waals surface area contributed by atoms with Crippen LogP contribution in [-0.2, 0) is 8.85 Å². The van der Waals surface area contributed by atoms with Crippen LogP contribution < -0.4 is 5.19 Å².